The van der Waals surface area contributed by atoms with Gasteiger partial charge in [0.05, 0.1) is 0 Å². The fourth-order valence-electron chi connectivity index (χ4n) is 2.39. The molecule has 0 radical (unpaired) electrons. The molecule has 0 aliphatic rings. The van der Waals surface area contributed by atoms with Crippen molar-refractivity contribution in [2.75, 3.05) is 0 Å². The summed E-state index contributed by atoms with van der Waals surface area (Å²) in [5.41, 5.74) is 4.29. The lowest BCUT2D eigenvalue weighted by atomic mass is 10.2. The summed E-state index contributed by atoms with van der Waals surface area (Å²) in [5, 5.41) is 1.41. The van der Waals surface area contributed by atoms with Gasteiger partial charge < -0.3 is 4.23 Å². The average molecular weight is 217 g/mol. The van der Waals surface area contributed by atoms with Gasteiger partial charge >= 0.3 is 0 Å². The number of para-hydroxylation sites is 1. The lowest BCUT2D eigenvalue weighted by molar-refractivity contribution is 1.10. The third-order valence-corrected chi connectivity index (χ3v) is 5.02. The van der Waals surface area contributed by atoms with Crippen LogP contribution >= 0.6 is 0 Å². The zero-order valence-electron chi connectivity index (χ0n) is 10.3. The molecule has 0 atom stereocenters. The highest BCUT2D eigenvalue weighted by Crippen LogP contribution is 2.27. The maximum atomic E-state index is 2.57. The molecule has 0 spiro atoms. The zero-order chi connectivity index (χ0) is 11.2. The van der Waals surface area contributed by atoms with Gasteiger partial charge in [0.15, 0.2) is 8.24 Å². The molecule has 0 fully saturated rings. The second-order valence-corrected chi connectivity index (χ2v) is 10.0. The van der Waals surface area contributed by atoms with E-state index < -0.39 is 8.24 Å². The Bertz CT molecular complexity index is 503. The molecule has 2 heteroatoms. The number of fused-ring (bicyclic) bond motifs is 1. The number of rotatable bonds is 1. The van der Waals surface area contributed by atoms with E-state index in [0.29, 0.717) is 0 Å². The zero-order valence-corrected chi connectivity index (χ0v) is 11.3. The number of hydrogen-bond acceptors (Lipinski definition) is 0. The Hall–Kier alpha value is -1.02. The monoisotopic (exact) mass is 217 g/mol. The van der Waals surface area contributed by atoms with Crippen LogP contribution < -0.4 is 0 Å². The smallest absolute Gasteiger partial charge is 0.153 e. The Morgan fingerprint density at radius 3 is 2.20 bits per heavy atom. The molecule has 0 amide bonds. The minimum absolute atomic E-state index is 1.30. The van der Waals surface area contributed by atoms with E-state index >= 15 is 0 Å². The summed E-state index contributed by atoms with van der Waals surface area (Å²) in [7, 11) is -1.30. The highest BCUT2D eigenvalue weighted by atomic mass is 28.3. The largest absolute Gasteiger partial charge is 0.372 e. The molecule has 15 heavy (non-hydrogen) atoms. The van der Waals surface area contributed by atoms with Crippen molar-refractivity contribution >= 4 is 19.1 Å². The van der Waals surface area contributed by atoms with Crippen molar-refractivity contribution in [1.82, 2.24) is 4.23 Å². The van der Waals surface area contributed by atoms with E-state index in [1.54, 1.807) is 0 Å². The SMILES string of the molecule is Cc1c(C)n([Si](C)(C)C)c2ccccc12. The quantitative estimate of drug-likeness (QED) is 0.638. The summed E-state index contributed by atoms with van der Waals surface area (Å²) in [6.45, 7) is 11.7. The summed E-state index contributed by atoms with van der Waals surface area (Å²) in [5.74, 6) is 0. The van der Waals surface area contributed by atoms with Crippen LogP contribution in [0, 0.1) is 13.8 Å². The highest BCUT2D eigenvalue weighted by molar-refractivity contribution is 6.75. The molecular formula is C13H19NSi. The molecule has 0 aliphatic carbocycles. The molecule has 2 aromatic rings. The molecule has 80 valence electrons. The Morgan fingerprint density at radius 1 is 1.00 bits per heavy atom. The topological polar surface area (TPSA) is 4.93 Å². The van der Waals surface area contributed by atoms with Crippen molar-refractivity contribution < 1.29 is 0 Å². The maximum Gasteiger partial charge on any atom is 0.153 e. The molecule has 1 aromatic carbocycles. The molecule has 0 bridgehead atoms. The summed E-state index contributed by atoms with van der Waals surface area (Å²) in [4.78, 5) is 0. The van der Waals surface area contributed by atoms with Gasteiger partial charge in [-0.25, -0.2) is 0 Å². The van der Waals surface area contributed by atoms with E-state index in [1.807, 2.05) is 0 Å². The fourth-order valence-corrected chi connectivity index (χ4v) is 4.49. The van der Waals surface area contributed by atoms with Crippen molar-refractivity contribution in [3.8, 4) is 0 Å². The van der Waals surface area contributed by atoms with Gasteiger partial charge in [-0.2, -0.15) is 0 Å². The number of hydrogen-bond donors (Lipinski definition) is 0. The number of nitrogens with zero attached hydrogens (tertiary/aromatic N) is 1. The molecule has 1 aromatic heterocycles. The molecular weight excluding hydrogens is 198 g/mol. The molecule has 2 rings (SSSR count). The van der Waals surface area contributed by atoms with E-state index in [2.05, 4.69) is 62.0 Å². The Labute approximate surface area is 92.8 Å². The number of benzene rings is 1. The van der Waals surface area contributed by atoms with Gasteiger partial charge in [-0.3, -0.25) is 0 Å². The van der Waals surface area contributed by atoms with Crippen molar-refractivity contribution in [3.05, 3.63) is 35.5 Å². The van der Waals surface area contributed by atoms with Gasteiger partial charge in [0.1, 0.15) is 0 Å². The van der Waals surface area contributed by atoms with E-state index in [-0.39, 0.29) is 0 Å². The second-order valence-electron chi connectivity index (χ2n) is 5.23. The van der Waals surface area contributed by atoms with E-state index in [9.17, 15) is 0 Å². The predicted octanol–water partition coefficient (Wildman–Crippen LogP) is 3.94. The minimum atomic E-state index is -1.30. The molecule has 0 unspecified atom stereocenters. The van der Waals surface area contributed by atoms with Crippen LogP contribution in [0.3, 0.4) is 0 Å². The summed E-state index contributed by atoms with van der Waals surface area (Å²) < 4.78 is 2.57. The van der Waals surface area contributed by atoms with Crippen LogP contribution in [-0.2, 0) is 0 Å². The molecule has 0 saturated carbocycles. The first-order chi connectivity index (χ1) is 6.93. The van der Waals surface area contributed by atoms with Crippen molar-refractivity contribution in [3.63, 3.8) is 0 Å². The Kier molecular flexibility index (Phi) is 2.27. The van der Waals surface area contributed by atoms with Gasteiger partial charge in [-0.05, 0) is 25.5 Å². The molecule has 1 nitrogen and oxygen atoms in total. The van der Waals surface area contributed by atoms with Crippen LogP contribution in [0.4, 0.5) is 0 Å². The first-order valence-corrected chi connectivity index (χ1v) is 8.95. The second kappa shape index (κ2) is 3.24. The van der Waals surface area contributed by atoms with E-state index in [1.165, 1.54) is 22.2 Å². The van der Waals surface area contributed by atoms with Crippen LogP contribution in [0.5, 0.6) is 0 Å². The van der Waals surface area contributed by atoms with Gasteiger partial charge in [0, 0.05) is 16.6 Å². The summed E-state index contributed by atoms with van der Waals surface area (Å²) >= 11 is 0. The van der Waals surface area contributed by atoms with Crippen molar-refractivity contribution in [2.45, 2.75) is 33.5 Å². The van der Waals surface area contributed by atoms with Crippen LogP contribution in [0.15, 0.2) is 24.3 Å². The lowest BCUT2D eigenvalue weighted by Gasteiger charge is -2.22. The molecule has 1 heterocycles. The normalized spacial score (nSPS) is 12.3. The Morgan fingerprint density at radius 2 is 1.60 bits per heavy atom. The maximum absolute atomic E-state index is 2.57. The first kappa shape index (κ1) is 10.5. The van der Waals surface area contributed by atoms with Crippen LogP contribution in [-0.4, -0.2) is 12.5 Å². The number of aromatic nitrogens is 1. The Balaban J connectivity index is 2.90. The summed E-state index contributed by atoms with van der Waals surface area (Å²) in [6, 6.07) is 8.74. The lowest BCUT2D eigenvalue weighted by Crippen LogP contribution is -2.32. The van der Waals surface area contributed by atoms with Crippen molar-refractivity contribution in [2.24, 2.45) is 0 Å². The highest BCUT2D eigenvalue weighted by Gasteiger charge is 2.22. The van der Waals surface area contributed by atoms with Crippen molar-refractivity contribution in [1.29, 1.82) is 0 Å². The third-order valence-electron chi connectivity index (χ3n) is 3.10. The minimum Gasteiger partial charge on any atom is -0.372 e. The average Bonchev–Trinajstić information content (AvgIpc) is 2.39. The van der Waals surface area contributed by atoms with Gasteiger partial charge in [-0.15, -0.1) is 0 Å². The van der Waals surface area contributed by atoms with Crippen LogP contribution in [0.2, 0.25) is 19.6 Å². The molecule has 0 saturated heterocycles. The van der Waals surface area contributed by atoms with Crippen LogP contribution in [0.1, 0.15) is 11.3 Å². The fraction of sp³-hybridized carbons (Fsp3) is 0.385. The molecule has 0 aliphatic heterocycles. The van der Waals surface area contributed by atoms with E-state index in [4.69, 9.17) is 0 Å². The predicted molar refractivity (Wildman–Crippen MR) is 70.2 cm³/mol. The summed E-state index contributed by atoms with van der Waals surface area (Å²) in [6.07, 6.45) is 0. The van der Waals surface area contributed by atoms with Gasteiger partial charge in [0.2, 0.25) is 0 Å². The van der Waals surface area contributed by atoms with E-state index in [0.717, 1.165) is 0 Å². The van der Waals surface area contributed by atoms with Gasteiger partial charge in [0.25, 0.3) is 0 Å². The standard InChI is InChI=1S/C13H19NSi/c1-10-11(2)14(15(3,4)5)13-9-7-6-8-12(10)13/h6-9H,1-5H3. The number of aryl methyl sites for hydroxylation is 1. The third kappa shape index (κ3) is 1.53. The first-order valence-electron chi connectivity index (χ1n) is 5.50. The van der Waals surface area contributed by atoms with Crippen LogP contribution in [0.25, 0.3) is 10.9 Å². The van der Waals surface area contributed by atoms with Gasteiger partial charge in [-0.1, -0.05) is 37.8 Å². The molecule has 0 N–H and O–H groups in total.